The molecule has 0 saturated heterocycles. The summed E-state index contributed by atoms with van der Waals surface area (Å²) in [5, 5.41) is 9.13. The summed E-state index contributed by atoms with van der Waals surface area (Å²) >= 11 is 7.24. The Morgan fingerprint density at radius 3 is 2.96 bits per heavy atom. The normalized spacial score (nSPS) is 10.4. The number of amides is 1. The van der Waals surface area contributed by atoms with E-state index in [4.69, 9.17) is 16.3 Å². The van der Waals surface area contributed by atoms with Gasteiger partial charge in [-0.25, -0.2) is 9.97 Å². The fourth-order valence-corrected chi connectivity index (χ4v) is 3.24. The van der Waals surface area contributed by atoms with E-state index in [9.17, 15) is 4.79 Å². The standard InChI is InChI=1S/C19H19ClN4O2S/c1-26-16-4-2-3-13(9-16)7-8-21-18(25)10-15-12-27-19(23-15)24-17-6-5-14(20)11-22-17/h2-6,9,11-12H,7-8,10H2,1H3,(H,21,25)(H,22,23,24). The molecule has 3 rings (SSSR count). The molecule has 6 nitrogen and oxygen atoms in total. The molecule has 0 aliphatic heterocycles. The fraction of sp³-hybridized carbons (Fsp3) is 0.211. The minimum atomic E-state index is -0.0561. The highest BCUT2D eigenvalue weighted by atomic mass is 35.5. The number of ether oxygens (including phenoxy) is 1. The average Bonchev–Trinajstić information content (AvgIpc) is 3.10. The molecule has 0 spiro atoms. The summed E-state index contributed by atoms with van der Waals surface area (Å²) in [5.74, 6) is 1.42. The van der Waals surface area contributed by atoms with E-state index in [2.05, 4.69) is 20.6 Å². The van der Waals surface area contributed by atoms with Crippen molar-refractivity contribution in [3.05, 3.63) is 64.3 Å². The second-order valence-corrected chi connectivity index (χ2v) is 7.05. The molecule has 2 heterocycles. The lowest BCUT2D eigenvalue weighted by Crippen LogP contribution is -2.27. The molecular weight excluding hydrogens is 384 g/mol. The predicted molar refractivity (Wildman–Crippen MR) is 108 cm³/mol. The first-order chi connectivity index (χ1) is 13.1. The third-order valence-corrected chi connectivity index (χ3v) is 4.76. The number of nitrogens with one attached hydrogen (secondary N) is 2. The van der Waals surface area contributed by atoms with E-state index in [-0.39, 0.29) is 12.3 Å². The summed E-state index contributed by atoms with van der Waals surface area (Å²) in [6.07, 6.45) is 2.55. The summed E-state index contributed by atoms with van der Waals surface area (Å²) in [4.78, 5) is 20.7. The number of aromatic nitrogens is 2. The highest BCUT2D eigenvalue weighted by Crippen LogP contribution is 2.20. The molecule has 2 N–H and O–H groups in total. The zero-order chi connectivity index (χ0) is 19.1. The van der Waals surface area contributed by atoms with Crippen LogP contribution < -0.4 is 15.4 Å². The second kappa shape index (κ2) is 9.34. The number of anilines is 2. The first-order valence-corrected chi connectivity index (χ1v) is 9.61. The van der Waals surface area contributed by atoms with E-state index in [1.807, 2.05) is 29.6 Å². The number of carbonyl (C=O) groups excluding carboxylic acids is 1. The van der Waals surface area contributed by atoms with Crippen LogP contribution in [0.5, 0.6) is 5.75 Å². The first kappa shape index (κ1) is 19.1. The topological polar surface area (TPSA) is 76.1 Å². The van der Waals surface area contributed by atoms with Crippen LogP contribution in [0.3, 0.4) is 0 Å². The molecule has 8 heteroatoms. The fourth-order valence-electron chi connectivity index (χ4n) is 2.41. The van der Waals surface area contributed by atoms with Crippen molar-refractivity contribution in [2.24, 2.45) is 0 Å². The highest BCUT2D eigenvalue weighted by Gasteiger charge is 2.08. The Balaban J connectivity index is 1.45. The zero-order valence-electron chi connectivity index (χ0n) is 14.7. The van der Waals surface area contributed by atoms with Gasteiger partial charge in [-0.05, 0) is 36.2 Å². The molecule has 0 atom stereocenters. The monoisotopic (exact) mass is 402 g/mol. The van der Waals surface area contributed by atoms with Gasteiger partial charge in [-0.1, -0.05) is 23.7 Å². The lowest BCUT2D eigenvalue weighted by molar-refractivity contribution is -0.120. The number of methoxy groups -OCH3 is 1. The van der Waals surface area contributed by atoms with Crippen LogP contribution in [0.1, 0.15) is 11.3 Å². The van der Waals surface area contributed by atoms with Crippen LogP contribution in [0.2, 0.25) is 5.02 Å². The molecule has 27 heavy (non-hydrogen) atoms. The summed E-state index contributed by atoms with van der Waals surface area (Å²) in [6.45, 7) is 0.565. The van der Waals surface area contributed by atoms with Crippen molar-refractivity contribution in [3.63, 3.8) is 0 Å². The molecule has 0 fully saturated rings. The molecule has 1 amide bonds. The number of hydrogen-bond acceptors (Lipinski definition) is 6. The van der Waals surface area contributed by atoms with Gasteiger partial charge in [0.1, 0.15) is 11.6 Å². The molecule has 0 unspecified atom stereocenters. The minimum Gasteiger partial charge on any atom is -0.497 e. The van der Waals surface area contributed by atoms with Gasteiger partial charge in [0.15, 0.2) is 5.13 Å². The van der Waals surface area contributed by atoms with Gasteiger partial charge < -0.3 is 15.4 Å². The maximum atomic E-state index is 12.1. The molecule has 0 aliphatic carbocycles. The van der Waals surface area contributed by atoms with Crippen molar-refractivity contribution in [2.45, 2.75) is 12.8 Å². The Bertz CT molecular complexity index is 899. The maximum Gasteiger partial charge on any atom is 0.226 e. The van der Waals surface area contributed by atoms with Crippen LogP contribution in [0.15, 0.2) is 48.0 Å². The number of carbonyl (C=O) groups is 1. The van der Waals surface area contributed by atoms with Gasteiger partial charge >= 0.3 is 0 Å². The van der Waals surface area contributed by atoms with E-state index >= 15 is 0 Å². The molecular formula is C19H19ClN4O2S. The summed E-state index contributed by atoms with van der Waals surface area (Å²) in [6, 6.07) is 11.3. The number of pyridine rings is 1. The zero-order valence-corrected chi connectivity index (χ0v) is 16.3. The summed E-state index contributed by atoms with van der Waals surface area (Å²) < 4.78 is 5.20. The average molecular weight is 403 g/mol. The van der Waals surface area contributed by atoms with Crippen molar-refractivity contribution in [3.8, 4) is 5.75 Å². The van der Waals surface area contributed by atoms with Crippen molar-refractivity contribution in [1.29, 1.82) is 0 Å². The van der Waals surface area contributed by atoms with E-state index < -0.39 is 0 Å². The summed E-state index contributed by atoms with van der Waals surface area (Å²) in [7, 11) is 1.64. The Morgan fingerprint density at radius 1 is 1.30 bits per heavy atom. The maximum absolute atomic E-state index is 12.1. The SMILES string of the molecule is COc1cccc(CCNC(=O)Cc2csc(Nc3ccc(Cl)cn3)n2)c1. The summed E-state index contributed by atoms with van der Waals surface area (Å²) in [5.41, 5.74) is 1.83. The molecule has 140 valence electrons. The van der Waals surface area contributed by atoms with Gasteiger partial charge in [-0.15, -0.1) is 11.3 Å². The van der Waals surface area contributed by atoms with E-state index in [0.717, 1.165) is 23.4 Å². The molecule has 0 aliphatic rings. The number of benzene rings is 1. The molecule has 3 aromatic rings. The third kappa shape index (κ3) is 5.94. The van der Waals surface area contributed by atoms with Crippen LogP contribution in [0.4, 0.5) is 10.9 Å². The predicted octanol–water partition coefficient (Wildman–Crippen LogP) is 3.85. The van der Waals surface area contributed by atoms with Crippen LogP contribution in [-0.2, 0) is 17.6 Å². The molecule has 0 radical (unpaired) electrons. The Morgan fingerprint density at radius 2 is 2.19 bits per heavy atom. The Hall–Kier alpha value is -2.64. The minimum absolute atomic E-state index is 0.0561. The van der Waals surface area contributed by atoms with E-state index in [1.54, 1.807) is 25.4 Å². The van der Waals surface area contributed by atoms with Crippen molar-refractivity contribution in [2.75, 3.05) is 19.0 Å². The number of thiazole rings is 1. The van der Waals surface area contributed by atoms with Crippen molar-refractivity contribution < 1.29 is 9.53 Å². The third-order valence-electron chi connectivity index (χ3n) is 3.73. The van der Waals surface area contributed by atoms with Gasteiger partial charge in [0.05, 0.1) is 24.2 Å². The van der Waals surface area contributed by atoms with Crippen LogP contribution in [0.25, 0.3) is 0 Å². The van der Waals surface area contributed by atoms with Crippen molar-refractivity contribution in [1.82, 2.24) is 15.3 Å². The first-order valence-electron chi connectivity index (χ1n) is 8.35. The van der Waals surface area contributed by atoms with Gasteiger partial charge in [-0.3, -0.25) is 4.79 Å². The molecule has 0 saturated carbocycles. The smallest absolute Gasteiger partial charge is 0.226 e. The van der Waals surface area contributed by atoms with E-state index in [0.29, 0.717) is 22.5 Å². The molecule has 2 aromatic heterocycles. The number of halogens is 1. The second-order valence-electron chi connectivity index (χ2n) is 5.76. The van der Waals surface area contributed by atoms with Crippen LogP contribution in [0, 0.1) is 0 Å². The lowest BCUT2D eigenvalue weighted by atomic mass is 10.1. The van der Waals surface area contributed by atoms with Gasteiger partial charge in [-0.2, -0.15) is 0 Å². The number of nitrogens with zero attached hydrogens (tertiary/aromatic N) is 2. The quantitative estimate of drug-likeness (QED) is 0.598. The van der Waals surface area contributed by atoms with Crippen LogP contribution >= 0.6 is 22.9 Å². The highest BCUT2D eigenvalue weighted by molar-refractivity contribution is 7.13. The van der Waals surface area contributed by atoms with E-state index in [1.165, 1.54) is 11.3 Å². The molecule has 0 bridgehead atoms. The van der Waals surface area contributed by atoms with Gasteiger partial charge in [0.25, 0.3) is 0 Å². The largest absolute Gasteiger partial charge is 0.497 e. The Kier molecular flexibility index (Phi) is 6.62. The van der Waals surface area contributed by atoms with Gasteiger partial charge in [0, 0.05) is 18.1 Å². The number of hydrogen-bond donors (Lipinski definition) is 2. The molecule has 1 aromatic carbocycles. The van der Waals surface area contributed by atoms with Crippen molar-refractivity contribution >= 4 is 39.8 Å². The van der Waals surface area contributed by atoms with Crippen LogP contribution in [-0.4, -0.2) is 29.5 Å². The Labute approximate surface area is 166 Å². The lowest BCUT2D eigenvalue weighted by Gasteiger charge is -2.06. The number of rotatable bonds is 8. The van der Waals surface area contributed by atoms with Gasteiger partial charge in [0.2, 0.25) is 5.91 Å².